The first-order valence-electron chi connectivity index (χ1n) is 10.7. The number of carbonyl (C=O) groups excluding carboxylic acids is 2. The summed E-state index contributed by atoms with van der Waals surface area (Å²) in [4.78, 5) is 37.3. The van der Waals surface area contributed by atoms with E-state index < -0.39 is 23.7 Å². The lowest BCUT2D eigenvalue weighted by molar-refractivity contribution is -0.137. The summed E-state index contributed by atoms with van der Waals surface area (Å²) >= 11 is 0. The average molecular weight is 499 g/mol. The molecular formula is C24H20F3N5O4. The molecule has 0 saturated carbocycles. The van der Waals surface area contributed by atoms with Crippen molar-refractivity contribution in [3.63, 3.8) is 0 Å². The number of amides is 3. The zero-order chi connectivity index (χ0) is 25.9. The van der Waals surface area contributed by atoms with Crippen molar-refractivity contribution in [2.45, 2.75) is 12.6 Å². The van der Waals surface area contributed by atoms with Gasteiger partial charge in [-0.25, -0.2) is 9.48 Å². The minimum absolute atomic E-state index is 0.0248. The smallest absolute Gasteiger partial charge is 0.416 e. The van der Waals surface area contributed by atoms with Crippen LogP contribution in [0.2, 0.25) is 0 Å². The number of anilines is 2. The maximum Gasteiger partial charge on any atom is 0.416 e. The van der Waals surface area contributed by atoms with Gasteiger partial charge in [0.05, 0.1) is 17.5 Å². The van der Waals surface area contributed by atoms with Gasteiger partial charge in [0.15, 0.2) is 0 Å². The number of nitrogens with one attached hydrogen (secondary N) is 2. The zero-order valence-corrected chi connectivity index (χ0v) is 18.6. The van der Waals surface area contributed by atoms with E-state index in [9.17, 15) is 27.6 Å². The summed E-state index contributed by atoms with van der Waals surface area (Å²) in [6.07, 6.45) is -2.53. The van der Waals surface area contributed by atoms with Crippen LogP contribution in [-0.4, -0.2) is 45.9 Å². The summed E-state index contributed by atoms with van der Waals surface area (Å²) < 4.78 is 40.5. The van der Waals surface area contributed by atoms with Crippen molar-refractivity contribution in [3.05, 3.63) is 83.6 Å². The molecule has 36 heavy (non-hydrogen) atoms. The molecule has 4 rings (SSSR count). The molecule has 3 N–H and O–H groups in total. The number of rotatable bonds is 6. The van der Waals surface area contributed by atoms with Crippen LogP contribution in [0.1, 0.15) is 27.9 Å². The molecule has 0 atom stereocenters. The van der Waals surface area contributed by atoms with E-state index >= 15 is 0 Å². The van der Waals surface area contributed by atoms with Gasteiger partial charge in [-0.1, -0.05) is 18.2 Å². The second kappa shape index (κ2) is 9.94. The SMILES string of the molecule is O=C(O)NCCC(=O)N1CC=C(c2cccc(NC(=O)c3cccc(C(F)(F)F)c3)c2)n2nccc21. The molecule has 1 aromatic heterocycles. The number of carbonyl (C=O) groups is 3. The number of hydrogen-bond acceptors (Lipinski definition) is 4. The molecule has 0 unspecified atom stereocenters. The van der Waals surface area contributed by atoms with E-state index in [1.54, 1.807) is 41.1 Å². The van der Waals surface area contributed by atoms with Gasteiger partial charge >= 0.3 is 12.3 Å². The number of nitrogens with zero attached hydrogens (tertiary/aromatic N) is 3. The van der Waals surface area contributed by atoms with Gasteiger partial charge in [-0.2, -0.15) is 18.3 Å². The number of halogens is 3. The molecule has 0 aliphatic carbocycles. The normalized spacial score (nSPS) is 13.0. The van der Waals surface area contributed by atoms with Crippen molar-refractivity contribution >= 4 is 35.1 Å². The second-order valence-corrected chi connectivity index (χ2v) is 7.79. The van der Waals surface area contributed by atoms with Crippen LogP contribution in [0.3, 0.4) is 0 Å². The maximum absolute atomic E-state index is 13.0. The topological polar surface area (TPSA) is 117 Å². The lowest BCUT2D eigenvalue weighted by Crippen LogP contribution is -2.37. The Morgan fingerprint density at radius 2 is 1.83 bits per heavy atom. The molecule has 1 aliphatic heterocycles. The minimum Gasteiger partial charge on any atom is -0.465 e. The highest BCUT2D eigenvalue weighted by molar-refractivity contribution is 6.04. The fourth-order valence-corrected chi connectivity index (χ4v) is 3.72. The molecule has 0 spiro atoms. The third kappa shape index (κ3) is 5.37. The Kier molecular flexibility index (Phi) is 6.77. The quantitative estimate of drug-likeness (QED) is 0.473. The largest absolute Gasteiger partial charge is 0.465 e. The molecule has 9 nitrogen and oxygen atoms in total. The van der Waals surface area contributed by atoms with Crippen LogP contribution >= 0.6 is 0 Å². The Morgan fingerprint density at radius 1 is 1.06 bits per heavy atom. The van der Waals surface area contributed by atoms with Crippen molar-refractivity contribution in [1.82, 2.24) is 15.1 Å². The second-order valence-electron chi connectivity index (χ2n) is 7.79. The van der Waals surface area contributed by atoms with Gasteiger partial charge in [-0.05, 0) is 36.4 Å². The summed E-state index contributed by atoms with van der Waals surface area (Å²) in [6.45, 7) is 0.191. The van der Waals surface area contributed by atoms with Crippen LogP contribution in [0.5, 0.6) is 0 Å². The number of benzene rings is 2. The summed E-state index contributed by atoms with van der Waals surface area (Å²) in [7, 11) is 0. The fourth-order valence-electron chi connectivity index (χ4n) is 3.72. The van der Waals surface area contributed by atoms with E-state index in [1.807, 2.05) is 0 Å². The molecule has 2 aromatic carbocycles. The lowest BCUT2D eigenvalue weighted by atomic mass is 10.1. The summed E-state index contributed by atoms with van der Waals surface area (Å²) in [6, 6.07) is 12.5. The minimum atomic E-state index is -4.56. The van der Waals surface area contributed by atoms with E-state index in [-0.39, 0.29) is 31.0 Å². The first-order chi connectivity index (χ1) is 17.1. The highest BCUT2D eigenvalue weighted by Crippen LogP contribution is 2.31. The first-order valence-corrected chi connectivity index (χ1v) is 10.7. The Hall–Kier alpha value is -4.61. The van der Waals surface area contributed by atoms with E-state index in [0.29, 0.717) is 22.8 Å². The molecule has 0 saturated heterocycles. The monoisotopic (exact) mass is 499 g/mol. The number of carboxylic acid groups (broad SMARTS) is 1. The standard InChI is InChI=1S/C24H20F3N5O4/c25-24(26,27)17-5-1-4-16(13-17)22(34)30-18-6-2-3-15(14-18)19-9-12-31(20-7-11-29-32(19)20)21(33)8-10-28-23(35)36/h1-7,9,11,13-14,28H,8,10,12H2,(H,30,34)(H,35,36). The molecular weight excluding hydrogens is 479 g/mol. The lowest BCUT2D eigenvalue weighted by Gasteiger charge is -2.27. The van der Waals surface area contributed by atoms with Crippen molar-refractivity contribution < 1.29 is 32.7 Å². The predicted molar refractivity (Wildman–Crippen MR) is 124 cm³/mol. The Labute approximate surface area is 202 Å². The number of aromatic nitrogens is 2. The van der Waals surface area contributed by atoms with Crippen LogP contribution in [-0.2, 0) is 11.0 Å². The van der Waals surface area contributed by atoms with Gasteiger partial charge in [0, 0.05) is 42.4 Å². The van der Waals surface area contributed by atoms with Crippen molar-refractivity contribution in [3.8, 4) is 0 Å². The average Bonchev–Trinajstić information content (AvgIpc) is 3.33. The van der Waals surface area contributed by atoms with Gasteiger partial charge in [-0.3, -0.25) is 14.5 Å². The zero-order valence-electron chi connectivity index (χ0n) is 18.6. The molecule has 0 radical (unpaired) electrons. The summed E-state index contributed by atoms with van der Waals surface area (Å²) in [5.74, 6) is -0.489. The van der Waals surface area contributed by atoms with Crippen LogP contribution in [0, 0.1) is 0 Å². The van der Waals surface area contributed by atoms with Crippen LogP contribution < -0.4 is 15.5 Å². The Bertz CT molecular complexity index is 1350. The van der Waals surface area contributed by atoms with Crippen molar-refractivity contribution in [2.75, 3.05) is 23.3 Å². The fraction of sp³-hybridized carbons (Fsp3) is 0.167. The molecule has 3 aromatic rings. The Balaban J connectivity index is 1.52. The van der Waals surface area contributed by atoms with Gasteiger partial charge in [0.25, 0.3) is 5.91 Å². The molecule has 2 heterocycles. The molecule has 3 amide bonds. The third-order valence-electron chi connectivity index (χ3n) is 5.38. The van der Waals surface area contributed by atoms with Gasteiger partial charge in [-0.15, -0.1) is 0 Å². The third-order valence-corrected chi connectivity index (χ3v) is 5.38. The predicted octanol–water partition coefficient (Wildman–Crippen LogP) is 4.05. The van der Waals surface area contributed by atoms with E-state index in [2.05, 4.69) is 15.7 Å². The van der Waals surface area contributed by atoms with Crippen LogP contribution in [0.4, 0.5) is 29.5 Å². The number of fused-ring (bicyclic) bond motifs is 1. The van der Waals surface area contributed by atoms with E-state index in [0.717, 1.165) is 12.1 Å². The van der Waals surface area contributed by atoms with Crippen LogP contribution in [0.25, 0.3) is 5.70 Å². The summed E-state index contributed by atoms with van der Waals surface area (Å²) in [5.41, 5.74) is 0.607. The highest BCUT2D eigenvalue weighted by Gasteiger charge is 2.31. The molecule has 0 bridgehead atoms. The number of alkyl halides is 3. The van der Waals surface area contributed by atoms with Gasteiger partial charge in [0.2, 0.25) is 5.91 Å². The van der Waals surface area contributed by atoms with Gasteiger partial charge in [0.1, 0.15) is 5.82 Å². The highest BCUT2D eigenvalue weighted by atomic mass is 19.4. The molecule has 186 valence electrons. The first kappa shape index (κ1) is 24.5. The van der Waals surface area contributed by atoms with Crippen molar-refractivity contribution in [2.24, 2.45) is 0 Å². The number of hydrogen-bond donors (Lipinski definition) is 3. The maximum atomic E-state index is 13.0. The van der Waals surface area contributed by atoms with Gasteiger partial charge < -0.3 is 15.7 Å². The Morgan fingerprint density at radius 3 is 2.58 bits per heavy atom. The van der Waals surface area contributed by atoms with Crippen LogP contribution in [0.15, 0.2) is 66.9 Å². The molecule has 1 aliphatic rings. The molecule has 12 heteroatoms. The van der Waals surface area contributed by atoms with E-state index in [1.165, 1.54) is 23.2 Å². The summed E-state index contributed by atoms with van der Waals surface area (Å²) in [5, 5.41) is 17.7. The van der Waals surface area contributed by atoms with Crippen molar-refractivity contribution in [1.29, 1.82) is 0 Å². The molecule has 0 fully saturated rings. The van der Waals surface area contributed by atoms with E-state index in [4.69, 9.17) is 5.11 Å².